The molecular weight excluding hydrogens is 1770 g/mol. The molecule has 0 saturated heterocycles. The number of nitrogens with one attached hydrogen (secondary N) is 4. The van der Waals surface area contributed by atoms with Crippen LogP contribution in [0.1, 0.15) is 196 Å². The third-order valence-electron chi connectivity index (χ3n) is 28.7. The summed E-state index contributed by atoms with van der Waals surface area (Å²) in [6.45, 7) is 8.77. The fourth-order valence-electron chi connectivity index (χ4n) is 22.3. The Morgan fingerprint density at radius 2 is 0.686 bits per heavy atom. The summed E-state index contributed by atoms with van der Waals surface area (Å²) in [5.74, 6) is 3.29. The normalized spacial score (nSPS) is 23.4. The van der Waals surface area contributed by atoms with Crippen molar-refractivity contribution in [3.8, 4) is 44.5 Å². The van der Waals surface area contributed by atoms with Crippen LogP contribution in [0.15, 0.2) is 250 Å². The number of carbonyl (C=O) groups excluding carboxylic acids is 4. The first-order valence-corrected chi connectivity index (χ1v) is 49.1. The standard InChI is InChI=1S/C29H30FN3O2.3C28H29FN4O2/c1-2-35-29(34)33-25-11-12-26-22(17-25)15-20-6-4-14-31-28(20)27(26)13-10-24-9-8-21(18-32-24)19-5-3-7-23(30)16-19;1-2-35-28(34)33-23-9-10-24-20(13-23)14-27-26(16-30-17-32-27)25(24)11-8-22-7-6-19(15-31-22)18-4-3-5-21(29)12-18;1-2-35-28(34)33-23-9-10-24-20(15-23)16-26-27(31-13-12-30-26)25(24)11-8-22-7-6-19(17-32-22)18-4-3-5-21(29)14-18;1-2-35-28(34)32-23-9-10-24-20(15-23)16-27-26(12-13-31-33-27)25(24)11-8-22-7-6-19(17-30-22)18-4-3-5-21(29)14-18/h3-10,13-14,16,18,22,25-27H,2,11-12,15,17H2,1H3,(H,33,34);3-8,11-12,15-17,20,23-25H,2,9-10,13-14H2,1H3,(H,33,34);3-8,11-14,17,20,23-25H,2,9-10,15-16H2,1H3,(H,33,34);3-8,11-14,17,20,23-25H,2,9-10,15-16H2,1H3,(H,32,34)/b13-10+;3*11-8+/t22-,25-,26-,27+;3*20-,23+,24+,25-/m1000/s1. The van der Waals surface area contributed by atoms with Crippen molar-refractivity contribution < 1.29 is 55.7 Å². The molecule has 0 unspecified atom stereocenters. The molecule has 8 heterocycles. The summed E-state index contributed by atoms with van der Waals surface area (Å²) in [6.07, 6.45) is 48.7. The van der Waals surface area contributed by atoms with E-state index in [2.05, 4.69) is 121 Å². The van der Waals surface area contributed by atoms with Gasteiger partial charge in [-0.25, -0.2) is 46.7 Å². The third-order valence-corrected chi connectivity index (χ3v) is 28.7. The van der Waals surface area contributed by atoms with Crippen LogP contribution >= 0.6 is 0 Å². The van der Waals surface area contributed by atoms with E-state index in [4.69, 9.17) is 28.9 Å². The Hall–Kier alpha value is -14.4. The molecule has 0 spiro atoms. The van der Waals surface area contributed by atoms with E-state index in [1.54, 1.807) is 74.0 Å². The Morgan fingerprint density at radius 1 is 0.329 bits per heavy atom. The van der Waals surface area contributed by atoms with E-state index in [0.29, 0.717) is 73.8 Å². The molecule has 20 rings (SSSR count). The van der Waals surface area contributed by atoms with Gasteiger partial charge in [0.25, 0.3) is 0 Å². The van der Waals surface area contributed by atoms with Crippen molar-refractivity contribution in [2.45, 2.75) is 178 Å². The van der Waals surface area contributed by atoms with Gasteiger partial charge >= 0.3 is 24.4 Å². The minimum absolute atomic E-state index is 0.121. The van der Waals surface area contributed by atoms with E-state index in [0.717, 1.165) is 198 Å². The van der Waals surface area contributed by atoms with Crippen LogP contribution in [0.2, 0.25) is 0 Å². The summed E-state index contributed by atoms with van der Waals surface area (Å²) in [7, 11) is 0. The molecule has 0 aliphatic heterocycles. The lowest BCUT2D eigenvalue weighted by Gasteiger charge is -2.43. The number of nitrogens with zero attached hydrogens (tertiary/aromatic N) is 11. The minimum atomic E-state index is -0.337. The second-order valence-corrected chi connectivity index (χ2v) is 37.3. The van der Waals surface area contributed by atoms with Gasteiger partial charge in [-0.2, -0.15) is 10.2 Å². The van der Waals surface area contributed by atoms with Gasteiger partial charge in [0, 0.05) is 132 Å². The van der Waals surface area contributed by atoms with E-state index in [1.807, 2.05) is 125 Å². The van der Waals surface area contributed by atoms with E-state index in [9.17, 15) is 36.7 Å². The second kappa shape index (κ2) is 46.9. The molecule has 8 aliphatic rings. The van der Waals surface area contributed by atoms with Crippen molar-refractivity contribution in [3.05, 3.63) is 341 Å². The molecule has 12 aromatic rings. The summed E-state index contributed by atoms with van der Waals surface area (Å²) < 4.78 is 74.6. The fraction of sp³-hybridized carbons (Fsp3) is 0.354. The van der Waals surface area contributed by atoms with Gasteiger partial charge in [0.05, 0.1) is 72.0 Å². The lowest BCUT2D eigenvalue weighted by molar-refractivity contribution is 0.127. The quantitative estimate of drug-likeness (QED) is 0.0407. The molecule has 8 aromatic heterocycles. The highest BCUT2D eigenvalue weighted by atomic mass is 19.1. The molecule has 4 aromatic carbocycles. The SMILES string of the molecule is CCOC(=O)N[C@@H]1CC[C@@H]2[C@H](Cc3cccnc3[C@H]2/C=C/c2ccc(-c3cccc(F)c3)cn2)C1.CCOC(=O)N[C@@H]1CC[C@@H]2[C@H](Cc3nccnc3[C@H]2/C=C/c2ccc(-c3cccc(F)c3)cn2)C1.CCOC(=O)N[C@@H]1CC[C@@H]2[C@H](Cc3ncncc3[C@H]2/C=C/c2ccc(-c3cccc(F)c3)cn2)C1.CCOC(=O)N[C@@H]1CC[C@@H]2[C@H](Cc3nnccc3[C@H]2/C=C/c2ccc(-c3cccc(F)c3)cn2)C1. The van der Waals surface area contributed by atoms with Gasteiger partial charge in [-0.15, -0.1) is 0 Å². The average Bonchev–Trinajstić information content (AvgIpc) is 0.780. The third kappa shape index (κ3) is 24.8. The Morgan fingerprint density at radius 3 is 1.08 bits per heavy atom. The number of fused-ring (bicyclic) bond motifs is 8. The van der Waals surface area contributed by atoms with Crippen LogP contribution in [0.3, 0.4) is 0 Å². The van der Waals surface area contributed by atoms with E-state index in [1.165, 1.54) is 65.2 Å². The van der Waals surface area contributed by atoms with Crippen LogP contribution < -0.4 is 21.3 Å². The van der Waals surface area contributed by atoms with Crippen molar-refractivity contribution in [3.63, 3.8) is 0 Å². The predicted octanol–water partition coefficient (Wildman–Crippen LogP) is 22.9. The van der Waals surface area contributed by atoms with E-state index in [-0.39, 0.29) is 95.5 Å². The van der Waals surface area contributed by atoms with Gasteiger partial charge in [0.2, 0.25) is 0 Å². The number of rotatable bonds is 20. The molecule has 16 atom stereocenters. The van der Waals surface area contributed by atoms with E-state index >= 15 is 0 Å². The van der Waals surface area contributed by atoms with Crippen LogP contribution in [-0.2, 0) is 44.6 Å². The maximum Gasteiger partial charge on any atom is 0.407 e. The summed E-state index contributed by atoms with van der Waals surface area (Å²) >= 11 is 0. The number of pyridine rings is 5. The largest absolute Gasteiger partial charge is 0.450 e. The zero-order valence-electron chi connectivity index (χ0n) is 79.1. The molecule has 140 heavy (non-hydrogen) atoms. The molecule has 0 radical (unpaired) electrons. The van der Waals surface area contributed by atoms with Crippen molar-refractivity contribution in [1.82, 2.24) is 76.3 Å². The van der Waals surface area contributed by atoms with E-state index < -0.39 is 0 Å². The van der Waals surface area contributed by atoms with Crippen LogP contribution in [0.5, 0.6) is 0 Å². The summed E-state index contributed by atoms with van der Waals surface area (Å²) in [5, 5.41) is 20.7. The lowest BCUT2D eigenvalue weighted by atomic mass is 9.63. The number of carbonyl (C=O) groups is 4. The zero-order valence-corrected chi connectivity index (χ0v) is 79.1. The van der Waals surface area contributed by atoms with Crippen LogP contribution in [-0.4, -0.2) is 130 Å². The number of ether oxygens (including phenoxy) is 4. The molecule has 4 amide bonds. The summed E-state index contributed by atoms with van der Waals surface area (Å²) in [6, 6.07) is 48.6. The molecular formula is C113H117F4N15O8. The monoisotopic (exact) mass is 1890 g/mol. The smallest absolute Gasteiger partial charge is 0.407 e. The first kappa shape index (κ1) is 97.3. The molecule has 27 heteroatoms. The van der Waals surface area contributed by atoms with Crippen molar-refractivity contribution >= 4 is 48.7 Å². The topological polar surface area (TPSA) is 295 Å². The van der Waals surface area contributed by atoms with Gasteiger partial charge in [-0.1, -0.05) is 103 Å². The van der Waals surface area contributed by atoms with Crippen LogP contribution in [0.25, 0.3) is 68.8 Å². The Bertz CT molecular complexity index is 5610. The highest BCUT2D eigenvalue weighted by Gasteiger charge is 2.46. The number of benzene rings is 4. The minimum Gasteiger partial charge on any atom is -0.450 e. The fourth-order valence-corrected chi connectivity index (χ4v) is 22.3. The molecule has 4 saturated carbocycles. The van der Waals surface area contributed by atoms with Gasteiger partial charge in [-0.3, -0.25) is 34.9 Å². The Balaban J connectivity index is 0.000000129. The van der Waals surface area contributed by atoms with Crippen LogP contribution in [0, 0.1) is 70.6 Å². The van der Waals surface area contributed by atoms with Gasteiger partial charge in [-0.05, 0) is 326 Å². The number of amides is 4. The maximum absolute atomic E-state index is 13.6. The highest BCUT2D eigenvalue weighted by Crippen LogP contribution is 2.52. The number of allylic oxidation sites excluding steroid dienone is 4. The number of hydrogen-bond acceptors (Lipinski definition) is 19. The highest BCUT2D eigenvalue weighted by molar-refractivity contribution is 5.71. The summed E-state index contributed by atoms with van der Waals surface area (Å²) in [5.41, 5.74) is 19.2. The number of hydrogen-bond donors (Lipinski definition) is 4. The van der Waals surface area contributed by atoms with Gasteiger partial charge in [0.15, 0.2) is 0 Å². The molecule has 0 bridgehead atoms. The molecule has 23 nitrogen and oxygen atoms in total. The van der Waals surface area contributed by atoms with Gasteiger partial charge < -0.3 is 40.2 Å². The number of halogens is 4. The van der Waals surface area contributed by atoms with Crippen LogP contribution in [0.4, 0.5) is 36.7 Å². The molecule has 720 valence electrons. The van der Waals surface area contributed by atoms with Crippen molar-refractivity contribution in [2.75, 3.05) is 26.4 Å². The number of alkyl carbamates (subject to hydrolysis) is 4. The average molecular weight is 1890 g/mol. The first-order valence-electron chi connectivity index (χ1n) is 49.1. The van der Waals surface area contributed by atoms with Gasteiger partial charge in [0.1, 0.15) is 29.6 Å². The molecule has 8 aliphatic carbocycles. The zero-order chi connectivity index (χ0) is 96.8. The number of aromatic nitrogens is 11. The summed E-state index contributed by atoms with van der Waals surface area (Å²) in [4.78, 5) is 89.1. The van der Waals surface area contributed by atoms with Crippen molar-refractivity contribution in [1.29, 1.82) is 0 Å². The Kier molecular flexibility index (Phi) is 32.6. The molecule has 4 fully saturated rings. The first-order chi connectivity index (χ1) is 68.4. The van der Waals surface area contributed by atoms with Crippen molar-refractivity contribution in [2.24, 2.45) is 47.3 Å². The lowest BCUT2D eigenvalue weighted by Crippen LogP contribution is -2.44. The second-order valence-electron chi connectivity index (χ2n) is 37.3. The molecule has 4 N–H and O–H groups in total. The predicted molar refractivity (Wildman–Crippen MR) is 530 cm³/mol. The maximum atomic E-state index is 13.6. The Labute approximate surface area is 814 Å².